The van der Waals surface area contributed by atoms with Gasteiger partial charge >= 0.3 is 0 Å². The molecule has 1 fully saturated rings. The van der Waals surface area contributed by atoms with Gasteiger partial charge in [0.1, 0.15) is 5.69 Å². The van der Waals surface area contributed by atoms with Gasteiger partial charge in [-0.25, -0.2) is 8.78 Å². The Labute approximate surface area is 128 Å². The largest absolute Gasteiger partial charge is 0.396 e. The molecule has 2 heterocycles. The van der Waals surface area contributed by atoms with Crippen LogP contribution >= 0.6 is 0 Å². The third-order valence-electron chi connectivity index (χ3n) is 4.02. The number of hydrogen-bond acceptors (Lipinski definition) is 3. The minimum absolute atomic E-state index is 0.00176. The molecular formula is C15H23F2N3O2. The molecule has 2 rings (SSSR count). The lowest BCUT2D eigenvalue weighted by Gasteiger charge is -2.31. The maximum absolute atomic E-state index is 13.4. The van der Waals surface area contributed by atoms with Crippen molar-refractivity contribution in [3.05, 3.63) is 17.5 Å². The van der Waals surface area contributed by atoms with Crippen molar-refractivity contribution >= 4 is 5.91 Å². The number of piperidine rings is 1. The van der Waals surface area contributed by atoms with Crippen LogP contribution in [-0.4, -0.2) is 45.4 Å². The van der Waals surface area contributed by atoms with Gasteiger partial charge in [-0.1, -0.05) is 13.8 Å². The molecule has 0 aromatic carbocycles. The molecule has 0 radical (unpaired) electrons. The summed E-state index contributed by atoms with van der Waals surface area (Å²) in [4.78, 5) is 14.1. The number of aromatic nitrogens is 2. The number of hydrogen-bond donors (Lipinski definition) is 1. The molecule has 0 bridgehead atoms. The Hall–Kier alpha value is -1.50. The monoisotopic (exact) mass is 315 g/mol. The van der Waals surface area contributed by atoms with E-state index in [1.165, 1.54) is 10.9 Å². The van der Waals surface area contributed by atoms with Crippen molar-refractivity contribution in [2.75, 3.05) is 19.7 Å². The third kappa shape index (κ3) is 3.63. The Morgan fingerprint density at radius 1 is 1.41 bits per heavy atom. The Bertz CT molecular complexity index is 509. The molecule has 1 N–H and O–H groups in total. The average molecular weight is 315 g/mol. The summed E-state index contributed by atoms with van der Waals surface area (Å²) >= 11 is 0. The van der Waals surface area contributed by atoms with E-state index in [0.29, 0.717) is 32.5 Å². The molecule has 1 saturated heterocycles. The topological polar surface area (TPSA) is 58.4 Å². The van der Waals surface area contributed by atoms with Gasteiger partial charge in [0, 0.05) is 26.2 Å². The predicted molar refractivity (Wildman–Crippen MR) is 77.7 cm³/mol. The van der Waals surface area contributed by atoms with Crippen LogP contribution in [0.3, 0.4) is 0 Å². The number of aliphatic hydroxyl groups is 1. The van der Waals surface area contributed by atoms with Crippen molar-refractivity contribution in [1.29, 1.82) is 0 Å². The molecule has 5 nitrogen and oxygen atoms in total. The molecule has 1 amide bonds. The summed E-state index contributed by atoms with van der Waals surface area (Å²) in [6.45, 7) is 5.27. The summed E-state index contributed by atoms with van der Waals surface area (Å²) < 4.78 is 27.9. The fourth-order valence-corrected chi connectivity index (χ4v) is 2.77. The van der Waals surface area contributed by atoms with Gasteiger partial charge < -0.3 is 10.0 Å². The SMILES string of the molecule is CC(C)Cn1ncc(C(=O)N2CCC(CO)CC2)c1C(F)F. The zero-order valence-corrected chi connectivity index (χ0v) is 13.0. The van der Waals surface area contributed by atoms with E-state index in [2.05, 4.69) is 5.10 Å². The van der Waals surface area contributed by atoms with Gasteiger partial charge in [-0.15, -0.1) is 0 Å². The maximum atomic E-state index is 13.4. The lowest BCUT2D eigenvalue weighted by Crippen LogP contribution is -2.39. The minimum atomic E-state index is -2.73. The van der Waals surface area contributed by atoms with E-state index in [0.717, 1.165) is 0 Å². The summed E-state index contributed by atoms with van der Waals surface area (Å²) in [7, 11) is 0. The van der Waals surface area contributed by atoms with Gasteiger partial charge in [-0.3, -0.25) is 9.48 Å². The summed E-state index contributed by atoms with van der Waals surface area (Å²) in [5, 5.41) is 13.1. The van der Waals surface area contributed by atoms with Crippen LogP contribution in [0.1, 0.15) is 49.2 Å². The van der Waals surface area contributed by atoms with Crippen LogP contribution < -0.4 is 0 Å². The van der Waals surface area contributed by atoms with Crippen LogP contribution in [0, 0.1) is 11.8 Å². The standard InChI is InChI=1S/C15H23F2N3O2/c1-10(2)8-20-13(14(16)17)12(7-18-20)15(22)19-5-3-11(9-21)4-6-19/h7,10-11,14,21H,3-6,8-9H2,1-2H3. The highest BCUT2D eigenvalue weighted by Crippen LogP contribution is 2.26. The van der Waals surface area contributed by atoms with Crippen molar-refractivity contribution in [3.63, 3.8) is 0 Å². The van der Waals surface area contributed by atoms with E-state index in [-0.39, 0.29) is 35.6 Å². The number of rotatable bonds is 5. The molecule has 0 saturated carbocycles. The zero-order chi connectivity index (χ0) is 16.3. The van der Waals surface area contributed by atoms with Gasteiger partial charge in [0.05, 0.1) is 11.8 Å². The highest BCUT2D eigenvalue weighted by molar-refractivity contribution is 5.95. The molecule has 7 heteroatoms. The summed E-state index contributed by atoms with van der Waals surface area (Å²) in [6.07, 6.45) is -0.0708. The van der Waals surface area contributed by atoms with Gasteiger partial charge in [-0.2, -0.15) is 5.10 Å². The first kappa shape index (κ1) is 16.9. The van der Waals surface area contributed by atoms with Crippen LogP contribution in [-0.2, 0) is 6.54 Å². The Morgan fingerprint density at radius 2 is 2.05 bits per heavy atom. The Morgan fingerprint density at radius 3 is 2.55 bits per heavy atom. The highest BCUT2D eigenvalue weighted by Gasteiger charge is 2.30. The molecule has 1 aliphatic heterocycles. The van der Waals surface area contributed by atoms with Crippen molar-refractivity contribution < 1.29 is 18.7 Å². The van der Waals surface area contributed by atoms with Crippen LogP contribution in [0.15, 0.2) is 6.20 Å². The number of aliphatic hydroxyl groups excluding tert-OH is 1. The first-order valence-electron chi connectivity index (χ1n) is 7.68. The quantitative estimate of drug-likeness (QED) is 0.907. The maximum Gasteiger partial charge on any atom is 0.280 e. The number of nitrogens with zero attached hydrogens (tertiary/aromatic N) is 3. The second-order valence-corrected chi connectivity index (χ2v) is 6.24. The van der Waals surface area contributed by atoms with Gasteiger partial charge in [0.2, 0.25) is 0 Å². The summed E-state index contributed by atoms with van der Waals surface area (Å²) in [5.41, 5.74) is -0.291. The van der Waals surface area contributed by atoms with Crippen molar-refractivity contribution in [3.8, 4) is 0 Å². The van der Waals surface area contributed by atoms with E-state index in [1.807, 2.05) is 13.8 Å². The van der Waals surface area contributed by atoms with Crippen molar-refractivity contribution in [2.45, 2.75) is 39.7 Å². The van der Waals surface area contributed by atoms with Gasteiger partial charge in [-0.05, 0) is 24.7 Å². The second-order valence-electron chi connectivity index (χ2n) is 6.24. The number of halogens is 2. The molecule has 22 heavy (non-hydrogen) atoms. The lowest BCUT2D eigenvalue weighted by molar-refractivity contribution is 0.0638. The molecular weight excluding hydrogens is 292 g/mol. The summed E-state index contributed by atoms with van der Waals surface area (Å²) in [5.74, 6) is -0.0235. The summed E-state index contributed by atoms with van der Waals surface area (Å²) in [6, 6.07) is 0. The normalized spacial score (nSPS) is 16.8. The van der Waals surface area contributed by atoms with E-state index < -0.39 is 6.43 Å². The van der Waals surface area contributed by atoms with Crippen LogP contribution in [0.25, 0.3) is 0 Å². The smallest absolute Gasteiger partial charge is 0.280 e. The third-order valence-corrected chi connectivity index (χ3v) is 4.02. The van der Waals surface area contributed by atoms with Crippen LogP contribution in [0.4, 0.5) is 8.78 Å². The van der Waals surface area contributed by atoms with E-state index in [1.54, 1.807) is 4.90 Å². The van der Waals surface area contributed by atoms with Crippen LogP contribution in [0.5, 0.6) is 0 Å². The number of alkyl halides is 2. The molecule has 0 unspecified atom stereocenters. The minimum Gasteiger partial charge on any atom is -0.396 e. The zero-order valence-electron chi connectivity index (χ0n) is 13.0. The van der Waals surface area contributed by atoms with Gasteiger partial charge in [0.15, 0.2) is 0 Å². The molecule has 1 aliphatic rings. The molecule has 124 valence electrons. The number of amides is 1. The fourth-order valence-electron chi connectivity index (χ4n) is 2.77. The van der Waals surface area contributed by atoms with E-state index in [9.17, 15) is 13.6 Å². The van der Waals surface area contributed by atoms with Gasteiger partial charge in [0.25, 0.3) is 12.3 Å². The first-order valence-corrected chi connectivity index (χ1v) is 7.68. The van der Waals surface area contributed by atoms with Crippen molar-refractivity contribution in [2.24, 2.45) is 11.8 Å². The first-order chi connectivity index (χ1) is 10.4. The average Bonchev–Trinajstić information content (AvgIpc) is 2.89. The highest BCUT2D eigenvalue weighted by atomic mass is 19.3. The van der Waals surface area contributed by atoms with Crippen LogP contribution in [0.2, 0.25) is 0 Å². The van der Waals surface area contributed by atoms with Crippen molar-refractivity contribution in [1.82, 2.24) is 14.7 Å². The second kappa shape index (κ2) is 7.17. The number of likely N-dealkylation sites (tertiary alicyclic amines) is 1. The number of carbonyl (C=O) groups excluding carboxylic acids is 1. The predicted octanol–water partition coefficient (Wildman–Crippen LogP) is 2.32. The Kier molecular flexibility index (Phi) is 5.50. The molecule has 1 aromatic heterocycles. The van der Waals surface area contributed by atoms with E-state index in [4.69, 9.17) is 5.11 Å². The molecule has 1 aromatic rings. The van der Waals surface area contributed by atoms with E-state index >= 15 is 0 Å². The molecule has 0 aliphatic carbocycles. The lowest BCUT2D eigenvalue weighted by atomic mass is 9.97. The number of carbonyl (C=O) groups is 1. The fraction of sp³-hybridized carbons (Fsp3) is 0.733. The molecule has 0 spiro atoms. The molecule has 0 atom stereocenters. The Balaban J connectivity index is 2.17.